The summed E-state index contributed by atoms with van der Waals surface area (Å²) in [6.45, 7) is -4.51. The summed E-state index contributed by atoms with van der Waals surface area (Å²) in [7, 11) is 0. The Bertz CT molecular complexity index is 1100. The Hall–Kier alpha value is -3.97. The van der Waals surface area contributed by atoms with Crippen molar-refractivity contribution in [1.82, 2.24) is 10.6 Å². The number of amides is 2. The first kappa shape index (κ1) is 54.8. The van der Waals surface area contributed by atoms with Crippen LogP contribution < -0.4 is 15.4 Å². The fourth-order valence-electron chi connectivity index (χ4n) is 3.27. The van der Waals surface area contributed by atoms with Crippen LogP contribution in [0.5, 0.6) is 5.75 Å². The number of nitro groups is 1. The highest BCUT2D eigenvalue weighted by Crippen LogP contribution is 2.17. The van der Waals surface area contributed by atoms with Gasteiger partial charge in [0.25, 0.3) is 5.69 Å². The predicted molar refractivity (Wildman–Crippen MR) is 181 cm³/mol. The summed E-state index contributed by atoms with van der Waals surface area (Å²) < 4.78 is 30.5. The van der Waals surface area contributed by atoms with Crippen LogP contribution in [0.4, 0.5) is 20.1 Å². The molecule has 52 heavy (non-hydrogen) atoms. The molecule has 0 saturated heterocycles. The maximum absolute atomic E-state index is 12.1. The van der Waals surface area contributed by atoms with Gasteiger partial charge < -0.3 is 79.9 Å². The van der Waals surface area contributed by atoms with Crippen molar-refractivity contribution in [3.63, 3.8) is 0 Å². The van der Waals surface area contributed by atoms with Crippen LogP contribution in [0.1, 0.15) is 29.7 Å². The molecule has 0 spiro atoms. The van der Waals surface area contributed by atoms with E-state index < -0.39 is 98.9 Å². The van der Waals surface area contributed by atoms with E-state index in [0.717, 1.165) is 12.1 Å². The summed E-state index contributed by atoms with van der Waals surface area (Å²) in [6.07, 6.45) is -14.1. The topological polar surface area (TPSA) is 336 Å². The molecule has 0 aliphatic rings. The van der Waals surface area contributed by atoms with Gasteiger partial charge in [-0.05, 0) is 12.1 Å². The van der Waals surface area contributed by atoms with Crippen molar-refractivity contribution < 1.29 is 88.6 Å². The number of nitrogens with one attached hydrogen (secondary N) is 2. The number of alkyl carbamates (subject to hydrolysis) is 2. The van der Waals surface area contributed by atoms with Gasteiger partial charge in [0.2, 0.25) is 0 Å². The molecule has 0 saturated carbocycles. The van der Waals surface area contributed by atoms with E-state index in [1.54, 1.807) is 0 Å². The Morgan fingerprint density at radius 1 is 0.673 bits per heavy atom. The zero-order valence-electron chi connectivity index (χ0n) is 25.4. The van der Waals surface area contributed by atoms with E-state index in [2.05, 4.69) is 10.6 Å². The summed E-state index contributed by atoms with van der Waals surface area (Å²) in [5.74, 6) is -0.0516. The lowest BCUT2D eigenvalue weighted by Gasteiger charge is -2.21. The summed E-state index contributed by atoms with van der Waals surface area (Å²) in [5.41, 5.74) is -0.234. The lowest BCUT2D eigenvalue weighted by Crippen LogP contribution is -2.46. The number of rotatable bonds is 23. The van der Waals surface area contributed by atoms with Gasteiger partial charge >= 0.3 is 18.3 Å². The quantitative estimate of drug-likeness (QED) is 0.0154. The third kappa shape index (κ3) is 22.8. The van der Waals surface area contributed by atoms with Gasteiger partial charge in [0.15, 0.2) is 0 Å². The van der Waals surface area contributed by atoms with Gasteiger partial charge in [-0.3, -0.25) is 10.1 Å². The zero-order chi connectivity index (χ0) is 36.1. The van der Waals surface area contributed by atoms with Gasteiger partial charge in [-0.1, -0.05) is 29.7 Å². The van der Waals surface area contributed by atoms with Crippen LogP contribution >= 0.6 is 0 Å². The summed E-state index contributed by atoms with van der Waals surface area (Å²) >= 11 is 0. The van der Waals surface area contributed by atoms with Crippen LogP contribution in [0.3, 0.4) is 0 Å². The molecule has 0 aromatic heterocycles. The molecular formula is C30H57N3O19. The van der Waals surface area contributed by atoms with Gasteiger partial charge in [-0.25, -0.2) is 14.4 Å². The molecule has 22 heteroatoms. The molecule has 306 valence electrons. The molecule has 0 fully saturated rings. The maximum atomic E-state index is 12.1. The number of benzene rings is 1. The van der Waals surface area contributed by atoms with Crippen molar-refractivity contribution >= 4 is 24.0 Å². The van der Waals surface area contributed by atoms with Gasteiger partial charge in [0.1, 0.15) is 56.1 Å². The molecule has 0 aliphatic heterocycles. The molecule has 2 amide bonds. The number of aliphatic hydroxyl groups is 8. The van der Waals surface area contributed by atoms with E-state index in [0.29, 0.717) is 0 Å². The van der Waals surface area contributed by atoms with Crippen molar-refractivity contribution in [2.24, 2.45) is 0 Å². The van der Waals surface area contributed by atoms with Gasteiger partial charge in [-0.2, -0.15) is 0 Å². The highest BCUT2D eigenvalue weighted by molar-refractivity contribution is 5.67. The van der Waals surface area contributed by atoms with Crippen LogP contribution in [-0.2, 0) is 23.7 Å². The van der Waals surface area contributed by atoms with Crippen molar-refractivity contribution in [1.29, 1.82) is 0 Å². The smallest absolute Gasteiger partial charge is 0.447 e. The monoisotopic (exact) mass is 763 g/mol. The summed E-state index contributed by atoms with van der Waals surface area (Å²) in [4.78, 5) is 45.8. The minimum Gasteiger partial charge on any atom is -0.447 e. The second-order valence-corrected chi connectivity index (χ2v) is 9.63. The van der Waals surface area contributed by atoms with Crippen LogP contribution in [0.15, 0.2) is 24.3 Å². The Morgan fingerprint density at radius 3 is 1.58 bits per heavy atom. The minimum atomic E-state index is -1.73. The third-order valence-electron chi connectivity index (χ3n) is 5.93. The molecule has 0 bridgehead atoms. The Labute approximate surface area is 301 Å². The maximum Gasteiger partial charge on any atom is 0.513 e. The summed E-state index contributed by atoms with van der Waals surface area (Å²) in [6, 6.07) is 4.56. The Morgan fingerprint density at radius 2 is 1.13 bits per heavy atom. The molecule has 10 N–H and O–H groups in total. The first-order chi connectivity index (χ1) is 22.8. The molecular weight excluding hydrogens is 706 g/mol. The van der Waals surface area contributed by atoms with E-state index >= 15 is 0 Å². The lowest BCUT2D eigenvalue weighted by molar-refractivity contribution is -0.384. The second kappa shape index (κ2) is 30.6. The largest absolute Gasteiger partial charge is 0.513 e. The van der Waals surface area contributed by atoms with Gasteiger partial charge in [0, 0.05) is 25.2 Å². The van der Waals surface area contributed by atoms with Crippen molar-refractivity contribution in [3.05, 3.63) is 34.4 Å². The normalized spacial score (nSPS) is 14.3. The van der Waals surface area contributed by atoms with Crippen molar-refractivity contribution in [2.75, 3.05) is 65.9 Å². The number of nitrogens with zero attached hydrogens (tertiary/aromatic N) is 1. The van der Waals surface area contributed by atoms with E-state index in [1.807, 2.05) is 0 Å². The number of ether oxygens (including phenoxy) is 6. The van der Waals surface area contributed by atoms with Crippen LogP contribution in [0, 0.1) is 10.1 Å². The number of carbonyl (C=O) groups is 3. The van der Waals surface area contributed by atoms with E-state index in [4.69, 9.17) is 38.6 Å². The van der Waals surface area contributed by atoms with E-state index in [9.17, 15) is 55.1 Å². The van der Waals surface area contributed by atoms with Crippen molar-refractivity contribution in [2.45, 2.75) is 72.4 Å². The highest BCUT2D eigenvalue weighted by Gasteiger charge is 2.25. The first-order valence-corrected chi connectivity index (χ1v) is 14.2. The molecule has 0 aliphatic carbocycles. The second-order valence-electron chi connectivity index (χ2n) is 9.63. The fraction of sp³-hybridized carbons (Fsp3) is 0.700. The van der Waals surface area contributed by atoms with Crippen molar-refractivity contribution in [3.8, 4) is 5.75 Å². The third-order valence-corrected chi connectivity index (χ3v) is 5.93. The fourth-order valence-corrected chi connectivity index (χ4v) is 3.27. The molecule has 7 unspecified atom stereocenters. The molecule has 1 aromatic rings. The Balaban J connectivity index is -0.00000288. The van der Waals surface area contributed by atoms with Gasteiger partial charge in [-0.15, -0.1) is 0 Å². The summed E-state index contributed by atoms with van der Waals surface area (Å²) in [5, 5.41) is 89.8. The number of carbonyl (C=O) groups excluding carboxylic acids is 3. The van der Waals surface area contributed by atoms with E-state index in [-0.39, 0.29) is 74.2 Å². The lowest BCUT2D eigenvalue weighted by atomic mass is 10.1. The molecule has 1 rings (SSSR count). The molecule has 0 heterocycles. The molecule has 22 nitrogen and oxygen atoms in total. The van der Waals surface area contributed by atoms with Gasteiger partial charge in [0.05, 0.1) is 50.2 Å². The minimum absolute atomic E-state index is 0. The first-order valence-electron chi connectivity index (χ1n) is 14.2. The van der Waals surface area contributed by atoms with Crippen LogP contribution in [0.2, 0.25) is 0 Å². The SMILES string of the molecule is C.C.C.C.O=C(NCC(O)C(O)C(O)CO)OCCOCC(COC(=O)Oc1ccc([N+](=O)[O-])cc1)OCCOC(=O)NCC(O)C(O)C(O)CO. The molecule has 1 aromatic carbocycles. The number of aliphatic hydroxyl groups excluding tert-OH is 8. The average molecular weight is 764 g/mol. The molecule has 0 radical (unpaired) electrons. The van der Waals surface area contributed by atoms with E-state index in [1.165, 1.54) is 12.1 Å². The molecule has 7 atom stereocenters. The highest BCUT2D eigenvalue weighted by atomic mass is 16.7. The number of hydrogen-bond acceptors (Lipinski definition) is 19. The predicted octanol–water partition coefficient (Wildman–Crippen LogP) is -1.34. The zero-order valence-corrected chi connectivity index (χ0v) is 25.4. The standard InChI is InChI=1S/C26H41N3O19.4CH4/c30-11-20(34)22(36)18(32)9-27-24(38)45-6-5-43-13-17(14-47-26(40)48-16-3-1-15(2-4-16)29(41)42)44-7-8-46-25(39)28-10-19(33)23(37)21(35)12-31;;;;/h1-4,17-23,30-37H,5-14H2,(H,27,38)(H,28,39);4*1H4. The number of nitro benzene ring substituents is 1. The van der Waals surface area contributed by atoms with Crippen LogP contribution in [0.25, 0.3) is 0 Å². The van der Waals surface area contributed by atoms with Crippen LogP contribution in [-0.4, -0.2) is 173 Å². The number of non-ortho nitro benzene ring substituents is 1. The average Bonchev–Trinajstić information content (AvgIpc) is 3.08. The Kier molecular flexibility index (Phi) is 32.3. The number of hydrogen-bond donors (Lipinski definition) is 10.